The molecule has 6 heteroatoms. The summed E-state index contributed by atoms with van der Waals surface area (Å²) in [4.78, 5) is 35.9. The lowest BCUT2D eigenvalue weighted by atomic mass is 10.0. The largest absolute Gasteiger partial charge is 0.462 e. The average molecular weight is 408 g/mol. The van der Waals surface area contributed by atoms with E-state index in [2.05, 4.69) is 13.2 Å². The number of ketones is 1. The Bertz CT molecular complexity index is 1150. The van der Waals surface area contributed by atoms with E-state index in [1.54, 1.807) is 6.07 Å². The lowest BCUT2D eigenvalue weighted by molar-refractivity contribution is -0.152. The molecule has 0 saturated heterocycles. The van der Waals surface area contributed by atoms with Gasteiger partial charge in [0.25, 0.3) is 0 Å². The van der Waals surface area contributed by atoms with E-state index in [-0.39, 0.29) is 30.9 Å². The van der Waals surface area contributed by atoms with Crippen molar-refractivity contribution in [3.05, 3.63) is 46.5 Å². The van der Waals surface area contributed by atoms with Gasteiger partial charge in [-0.15, -0.1) is 0 Å². The van der Waals surface area contributed by atoms with Crippen LogP contribution in [0.3, 0.4) is 0 Å². The van der Waals surface area contributed by atoms with E-state index in [4.69, 9.17) is 13.9 Å². The van der Waals surface area contributed by atoms with Crippen LogP contribution in [0, 0.1) is 5.92 Å². The summed E-state index contributed by atoms with van der Waals surface area (Å²) in [7, 11) is 0. The zero-order valence-corrected chi connectivity index (χ0v) is 17.2. The Morgan fingerprint density at radius 3 is 2.17 bits per heavy atom. The fraction of sp³-hybridized carbons (Fsp3) is 0.292. The summed E-state index contributed by atoms with van der Waals surface area (Å²) >= 11 is 0. The number of fused-ring (bicyclic) bond motifs is 2. The number of benzene rings is 2. The maximum atomic E-state index is 12.5. The van der Waals surface area contributed by atoms with Crippen LogP contribution < -0.4 is 10.4 Å². The predicted octanol–water partition coefficient (Wildman–Crippen LogP) is 3.11. The Kier molecular flexibility index (Phi) is 6.35. The highest BCUT2D eigenvalue weighted by Gasteiger charge is 2.19. The molecule has 1 heterocycles. The van der Waals surface area contributed by atoms with Crippen molar-refractivity contribution in [3.8, 4) is 0 Å². The Morgan fingerprint density at radius 2 is 1.53 bits per heavy atom. The third-order valence-electron chi connectivity index (χ3n) is 4.67. The fourth-order valence-corrected chi connectivity index (χ4v) is 3.23. The van der Waals surface area contributed by atoms with Crippen molar-refractivity contribution in [1.29, 1.82) is 0 Å². The molecule has 3 rings (SSSR count). The molecule has 0 bridgehead atoms. The minimum atomic E-state index is -0.713. The van der Waals surface area contributed by atoms with Gasteiger partial charge in [0.05, 0.1) is 0 Å². The normalized spacial score (nSPS) is 11.2. The number of Topliss-reactive ketones (excluding diaryl/α,β-unsaturated/α-hetero) is 1. The van der Waals surface area contributed by atoms with Gasteiger partial charge in [0.15, 0.2) is 5.76 Å². The van der Waals surface area contributed by atoms with Crippen LogP contribution in [0.25, 0.3) is 34.9 Å². The lowest BCUT2D eigenvalue weighted by Crippen LogP contribution is -2.16. The molecule has 0 aliphatic heterocycles. The summed E-state index contributed by atoms with van der Waals surface area (Å²) in [6.45, 7) is 11.8. The van der Waals surface area contributed by atoms with Gasteiger partial charge in [-0.3, -0.25) is 14.4 Å². The quantitative estimate of drug-likeness (QED) is 0.247. The highest BCUT2D eigenvalue weighted by atomic mass is 16.6. The first-order valence-corrected chi connectivity index (χ1v) is 9.74. The Hall–Kier alpha value is -3.41. The zero-order valence-electron chi connectivity index (χ0n) is 17.2. The maximum Gasteiger partial charge on any atom is 0.313 e. The van der Waals surface area contributed by atoms with Crippen molar-refractivity contribution >= 4 is 52.6 Å². The number of rotatable bonds is 8. The van der Waals surface area contributed by atoms with Crippen molar-refractivity contribution in [1.82, 2.24) is 0 Å². The van der Waals surface area contributed by atoms with Crippen LogP contribution in [0.1, 0.15) is 37.2 Å². The van der Waals surface area contributed by atoms with Gasteiger partial charge in [-0.25, -0.2) is 0 Å². The highest BCUT2D eigenvalue weighted by Crippen LogP contribution is 2.18. The SMILES string of the molecule is C=c1c2ccccc2c(=C)c2oc(C(=O)CC(=O)OCCOC(=O)CC(C)C)cc12. The molecule has 30 heavy (non-hydrogen) atoms. The van der Waals surface area contributed by atoms with Crippen LogP contribution in [0.2, 0.25) is 0 Å². The van der Waals surface area contributed by atoms with Crippen LogP contribution in [0.5, 0.6) is 0 Å². The van der Waals surface area contributed by atoms with Gasteiger partial charge < -0.3 is 13.9 Å². The third kappa shape index (κ3) is 4.59. The fourth-order valence-electron chi connectivity index (χ4n) is 3.23. The monoisotopic (exact) mass is 408 g/mol. The molecule has 0 unspecified atom stereocenters. The summed E-state index contributed by atoms with van der Waals surface area (Å²) in [6.07, 6.45) is -0.172. The number of hydrogen-bond donors (Lipinski definition) is 0. The predicted molar refractivity (Wildman–Crippen MR) is 114 cm³/mol. The van der Waals surface area contributed by atoms with Crippen LogP contribution >= 0.6 is 0 Å². The van der Waals surface area contributed by atoms with Crippen molar-refractivity contribution in [2.75, 3.05) is 13.2 Å². The second-order valence-corrected chi connectivity index (χ2v) is 7.50. The molecule has 156 valence electrons. The first-order valence-electron chi connectivity index (χ1n) is 9.74. The van der Waals surface area contributed by atoms with E-state index in [0.717, 1.165) is 16.0 Å². The van der Waals surface area contributed by atoms with Crippen molar-refractivity contribution in [2.24, 2.45) is 5.92 Å². The molecule has 3 aromatic rings. The number of esters is 2. The standard InChI is InChI=1S/C24H24O6/c1-14(2)11-22(26)28-9-10-29-23(27)13-20(25)21-12-19-15(3)17-7-5-6-8-18(17)16(4)24(19)30-21/h5-8,12,14H,3-4,9-11,13H2,1-2H3. The Morgan fingerprint density at radius 1 is 0.933 bits per heavy atom. The van der Waals surface area contributed by atoms with Gasteiger partial charge in [-0.1, -0.05) is 51.3 Å². The molecule has 0 radical (unpaired) electrons. The van der Waals surface area contributed by atoms with Crippen molar-refractivity contribution in [2.45, 2.75) is 26.7 Å². The summed E-state index contributed by atoms with van der Waals surface area (Å²) in [5.74, 6) is -1.32. The summed E-state index contributed by atoms with van der Waals surface area (Å²) < 4.78 is 15.6. The van der Waals surface area contributed by atoms with E-state index >= 15 is 0 Å². The Labute approximate surface area is 173 Å². The van der Waals surface area contributed by atoms with Gasteiger partial charge in [-0.2, -0.15) is 0 Å². The molecule has 6 nitrogen and oxygen atoms in total. The van der Waals surface area contributed by atoms with Crippen LogP contribution in [0.15, 0.2) is 34.7 Å². The smallest absolute Gasteiger partial charge is 0.313 e. The Balaban J connectivity index is 1.65. The van der Waals surface area contributed by atoms with Gasteiger partial charge in [-0.05, 0) is 28.0 Å². The molecular weight excluding hydrogens is 384 g/mol. The summed E-state index contributed by atoms with van der Waals surface area (Å²) in [5.41, 5.74) is 0.479. The second-order valence-electron chi connectivity index (χ2n) is 7.50. The van der Waals surface area contributed by atoms with E-state index in [1.165, 1.54) is 0 Å². The molecule has 1 aromatic heterocycles. The summed E-state index contributed by atoms with van der Waals surface area (Å²) in [6, 6.07) is 9.24. The highest BCUT2D eigenvalue weighted by molar-refractivity contribution is 6.07. The van der Waals surface area contributed by atoms with Crippen molar-refractivity contribution in [3.63, 3.8) is 0 Å². The molecule has 2 aromatic carbocycles. The minimum absolute atomic E-state index is 0.0432. The van der Waals surface area contributed by atoms with E-state index < -0.39 is 18.2 Å². The van der Waals surface area contributed by atoms with Crippen molar-refractivity contribution < 1.29 is 28.3 Å². The molecule has 0 amide bonds. The van der Waals surface area contributed by atoms with Gasteiger partial charge >= 0.3 is 11.9 Å². The maximum absolute atomic E-state index is 12.5. The third-order valence-corrected chi connectivity index (χ3v) is 4.67. The number of furan rings is 1. The number of hydrogen-bond acceptors (Lipinski definition) is 6. The molecule has 0 spiro atoms. The molecule has 0 aliphatic carbocycles. The number of ether oxygens (including phenoxy) is 2. The van der Waals surface area contributed by atoms with Gasteiger partial charge in [0.1, 0.15) is 25.2 Å². The molecule has 0 aliphatic rings. The lowest BCUT2D eigenvalue weighted by Gasteiger charge is -2.07. The summed E-state index contributed by atoms with van der Waals surface area (Å²) in [5, 5.41) is 3.92. The minimum Gasteiger partial charge on any atom is -0.462 e. The topological polar surface area (TPSA) is 82.8 Å². The van der Waals surface area contributed by atoms with E-state index in [0.29, 0.717) is 22.6 Å². The molecular formula is C24H24O6. The van der Waals surface area contributed by atoms with Crippen LogP contribution in [0.4, 0.5) is 0 Å². The molecule has 0 N–H and O–H groups in total. The van der Waals surface area contributed by atoms with E-state index in [1.807, 2.05) is 38.1 Å². The zero-order chi connectivity index (χ0) is 21.8. The number of carbonyl (C=O) groups excluding carboxylic acids is 3. The second kappa shape index (κ2) is 8.95. The molecule has 0 saturated carbocycles. The van der Waals surface area contributed by atoms with E-state index in [9.17, 15) is 14.4 Å². The average Bonchev–Trinajstić information content (AvgIpc) is 3.15. The molecule has 0 fully saturated rings. The van der Waals surface area contributed by atoms with Crippen LogP contribution in [-0.4, -0.2) is 30.9 Å². The van der Waals surface area contributed by atoms with Crippen LogP contribution in [-0.2, 0) is 19.1 Å². The first kappa shape index (κ1) is 21.3. The molecule has 0 atom stereocenters. The van der Waals surface area contributed by atoms with Gasteiger partial charge in [0.2, 0.25) is 5.78 Å². The first-order chi connectivity index (χ1) is 14.3. The van der Waals surface area contributed by atoms with Gasteiger partial charge in [0, 0.05) is 17.0 Å². The number of carbonyl (C=O) groups is 3.